The molecule has 0 radical (unpaired) electrons. The number of carbonyl (C=O) groups excluding carboxylic acids is 2. The summed E-state index contributed by atoms with van der Waals surface area (Å²) >= 11 is 1.65. The fourth-order valence-electron chi connectivity index (χ4n) is 4.07. The summed E-state index contributed by atoms with van der Waals surface area (Å²) < 4.78 is 0. The van der Waals surface area contributed by atoms with E-state index in [-0.39, 0.29) is 11.3 Å². The van der Waals surface area contributed by atoms with Gasteiger partial charge in [0.1, 0.15) is 0 Å². The number of hydrogen-bond acceptors (Lipinski definition) is 4. The molecule has 5 nitrogen and oxygen atoms in total. The average Bonchev–Trinajstić information content (AvgIpc) is 3.08. The highest BCUT2D eigenvalue weighted by Gasteiger charge is 2.57. The van der Waals surface area contributed by atoms with Gasteiger partial charge in [-0.15, -0.1) is 0 Å². The molecule has 1 aliphatic carbocycles. The Hall–Kier alpha value is -2.18. The second-order valence-corrected chi connectivity index (χ2v) is 8.12. The Morgan fingerprint density at radius 1 is 1.15 bits per heavy atom. The summed E-state index contributed by atoms with van der Waals surface area (Å²) in [6.45, 7) is 2.70. The van der Waals surface area contributed by atoms with Crippen molar-refractivity contribution in [1.82, 2.24) is 10.2 Å². The van der Waals surface area contributed by atoms with Crippen molar-refractivity contribution >= 4 is 23.2 Å². The van der Waals surface area contributed by atoms with Crippen LogP contribution in [0, 0.1) is 5.41 Å². The van der Waals surface area contributed by atoms with Gasteiger partial charge in [-0.2, -0.15) is 11.3 Å². The van der Waals surface area contributed by atoms with Gasteiger partial charge in [0, 0.05) is 23.7 Å². The van der Waals surface area contributed by atoms with Crippen molar-refractivity contribution < 1.29 is 9.59 Å². The van der Waals surface area contributed by atoms with Crippen molar-refractivity contribution in [2.24, 2.45) is 11.1 Å². The molecule has 2 aliphatic rings. The van der Waals surface area contributed by atoms with E-state index in [1.54, 1.807) is 35.6 Å². The maximum Gasteiger partial charge on any atom is 0.254 e. The van der Waals surface area contributed by atoms with E-state index in [0.29, 0.717) is 23.7 Å². The lowest BCUT2D eigenvalue weighted by molar-refractivity contribution is 0.0692. The summed E-state index contributed by atoms with van der Waals surface area (Å²) in [4.78, 5) is 26.6. The van der Waals surface area contributed by atoms with E-state index in [0.717, 1.165) is 32.4 Å². The number of primary amides is 1. The Labute approximate surface area is 157 Å². The van der Waals surface area contributed by atoms with Crippen molar-refractivity contribution in [1.29, 1.82) is 0 Å². The molecular formula is C20H23N3O2S. The lowest BCUT2D eigenvalue weighted by Crippen LogP contribution is -2.39. The number of amides is 2. The molecule has 2 fully saturated rings. The normalized spacial score (nSPS) is 20.7. The molecule has 6 heteroatoms. The minimum atomic E-state index is -0.477. The highest BCUT2D eigenvalue weighted by molar-refractivity contribution is 7.07. The van der Waals surface area contributed by atoms with Crippen LogP contribution in [0.15, 0.2) is 41.1 Å². The predicted octanol–water partition coefficient (Wildman–Crippen LogP) is 2.63. The lowest BCUT2D eigenvalue weighted by atomic mass is 9.93. The van der Waals surface area contributed by atoms with Gasteiger partial charge in [-0.3, -0.25) is 9.59 Å². The lowest BCUT2D eigenvalue weighted by Gasteiger charge is -2.29. The minimum Gasteiger partial charge on any atom is -0.366 e. The van der Waals surface area contributed by atoms with Gasteiger partial charge in [-0.1, -0.05) is 0 Å². The van der Waals surface area contributed by atoms with Crippen LogP contribution >= 0.6 is 11.3 Å². The molecule has 2 aromatic rings. The molecule has 1 aliphatic heterocycles. The molecule has 1 atom stereocenters. The number of benzene rings is 1. The summed E-state index contributed by atoms with van der Waals surface area (Å²) in [5.41, 5.74) is 7.79. The number of nitrogens with one attached hydrogen (secondary N) is 1. The van der Waals surface area contributed by atoms with Gasteiger partial charge in [0.2, 0.25) is 5.91 Å². The largest absolute Gasteiger partial charge is 0.366 e. The number of nitrogens with two attached hydrogens (primary N) is 1. The van der Waals surface area contributed by atoms with E-state index in [1.165, 1.54) is 5.56 Å². The molecule has 2 amide bonds. The van der Waals surface area contributed by atoms with Crippen LogP contribution in [0.5, 0.6) is 0 Å². The Bertz CT molecular complexity index is 795. The van der Waals surface area contributed by atoms with Crippen molar-refractivity contribution in [3.8, 4) is 0 Å². The Balaban J connectivity index is 1.58. The molecule has 0 bridgehead atoms. The van der Waals surface area contributed by atoms with Crippen molar-refractivity contribution in [2.45, 2.75) is 31.8 Å². The first-order chi connectivity index (χ1) is 12.6. The van der Waals surface area contributed by atoms with Crippen LogP contribution in [0.2, 0.25) is 0 Å². The van der Waals surface area contributed by atoms with Gasteiger partial charge in [-0.05, 0) is 84.4 Å². The Morgan fingerprint density at radius 3 is 2.46 bits per heavy atom. The summed E-state index contributed by atoms with van der Waals surface area (Å²) in [5.74, 6) is -0.442. The number of hydrogen-bond donors (Lipinski definition) is 2. The summed E-state index contributed by atoms with van der Waals surface area (Å²) in [6, 6.07) is 9.06. The van der Waals surface area contributed by atoms with Crippen LogP contribution in [0.25, 0.3) is 0 Å². The van der Waals surface area contributed by atoms with Gasteiger partial charge in [0.25, 0.3) is 5.91 Å². The number of carbonyl (C=O) groups is 2. The molecular weight excluding hydrogens is 346 g/mol. The molecule has 4 rings (SSSR count). The minimum absolute atomic E-state index is 0.0348. The molecule has 1 saturated carbocycles. The van der Waals surface area contributed by atoms with Crippen molar-refractivity contribution in [3.63, 3.8) is 0 Å². The fraction of sp³-hybridized carbons (Fsp3) is 0.400. The van der Waals surface area contributed by atoms with Crippen molar-refractivity contribution in [3.05, 3.63) is 57.8 Å². The number of rotatable bonds is 5. The van der Waals surface area contributed by atoms with Gasteiger partial charge < -0.3 is 16.0 Å². The summed E-state index contributed by atoms with van der Waals surface area (Å²) in [5, 5.41) is 7.57. The predicted molar refractivity (Wildman–Crippen MR) is 102 cm³/mol. The first-order valence-corrected chi connectivity index (χ1v) is 9.96. The van der Waals surface area contributed by atoms with Gasteiger partial charge in [-0.25, -0.2) is 0 Å². The maximum atomic E-state index is 13.3. The third-order valence-electron chi connectivity index (χ3n) is 5.73. The Morgan fingerprint density at radius 2 is 1.85 bits per heavy atom. The first kappa shape index (κ1) is 17.2. The molecule has 1 unspecified atom stereocenters. The fourth-order valence-corrected chi connectivity index (χ4v) is 4.73. The topological polar surface area (TPSA) is 75.4 Å². The molecule has 1 saturated heterocycles. The third kappa shape index (κ3) is 3.27. The van der Waals surface area contributed by atoms with E-state index >= 15 is 0 Å². The molecule has 1 spiro atoms. The first-order valence-electron chi connectivity index (χ1n) is 9.02. The molecule has 1 aromatic carbocycles. The quantitative estimate of drug-likeness (QED) is 0.851. The summed E-state index contributed by atoms with van der Waals surface area (Å²) in [6.07, 6.45) is 3.35. The van der Waals surface area contributed by atoms with E-state index < -0.39 is 5.91 Å². The van der Waals surface area contributed by atoms with Gasteiger partial charge >= 0.3 is 0 Å². The zero-order valence-corrected chi connectivity index (χ0v) is 15.4. The van der Waals surface area contributed by atoms with Crippen LogP contribution in [0.1, 0.15) is 45.5 Å². The van der Waals surface area contributed by atoms with E-state index in [9.17, 15) is 9.59 Å². The number of thiophene rings is 1. The highest BCUT2D eigenvalue weighted by Crippen LogP contribution is 2.56. The van der Waals surface area contributed by atoms with E-state index in [4.69, 9.17) is 5.73 Å². The van der Waals surface area contributed by atoms with E-state index in [2.05, 4.69) is 16.8 Å². The second-order valence-electron chi connectivity index (χ2n) is 7.34. The monoisotopic (exact) mass is 369 g/mol. The SMILES string of the molecule is NC(=O)c1ccc(C(=O)N(Cc2ccsc2)C2CC23CCNCC3)cc1. The van der Waals surface area contributed by atoms with Crippen LogP contribution in [-0.4, -0.2) is 35.8 Å². The molecule has 2 heterocycles. The Kier molecular flexibility index (Phi) is 4.54. The third-order valence-corrected chi connectivity index (χ3v) is 6.46. The van der Waals surface area contributed by atoms with Crippen LogP contribution < -0.4 is 11.1 Å². The maximum absolute atomic E-state index is 13.3. The second kappa shape index (κ2) is 6.85. The van der Waals surface area contributed by atoms with Crippen LogP contribution in [0.3, 0.4) is 0 Å². The number of piperidine rings is 1. The zero-order chi connectivity index (χ0) is 18.1. The van der Waals surface area contributed by atoms with Crippen molar-refractivity contribution in [2.75, 3.05) is 13.1 Å². The van der Waals surface area contributed by atoms with E-state index in [1.807, 2.05) is 10.3 Å². The van der Waals surface area contributed by atoms with Crippen LogP contribution in [-0.2, 0) is 6.54 Å². The average molecular weight is 369 g/mol. The van der Waals surface area contributed by atoms with Gasteiger partial charge in [0.05, 0.1) is 0 Å². The smallest absolute Gasteiger partial charge is 0.254 e. The molecule has 136 valence electrons. The molecule has 26 heavy (non-hydrogen) atoms. The summed E-state index contributed by atoms with van der Waals surface area (Å²) in [7, 11) is 0. The van der Waals surface area contributed by atoms with Gasteiger partial charge in [0.15, 0.2) is 0 Å². The zero-order valence-electron chi connectivity index (χ0n) is 14.6. The standard InChI is InChI=1S/C20H23N3O2S/c21-18(24)15-1-3-16(4-2-15)19(25)23(12-14-5-10-26-13-14)17-11-20(17)6-8-22-9-7-20/h1-5,10,13,17,22H,6-9,11-12H2,(H2,21,24). The number of nitrogens with zero attached hydrogens (tertiary/aromatic N) is 1. The molecule has 1 aromatic heterocycles. The highest BCUT2D eigenvalue weighted by atomic mass is 32.1. The molecule has 3 N–H and O–H groups in total. The van der Waals surface area contributed by atoms with Crippen LogP contribution in [0.4, 0.5) is 0 Å².